The number of rotatable bonds is 4. The number of nitrogens with one attached hydrogen (secondary N) is 1. The maximum atomic E-state index is 12.4. The summed E-state index contributed by atoms with van der Waals surface area (Å²) in [5.74, 6) is 0.00882. The largest absolute Gasteiger partial charge is 0.408 e. The van der Waals surface area contributed by atoms with Crippen LogP contribution in [0, 0.1) is 0 Å². The first-order valence-electron chi connectivity index (χ1n) is 7.57. The minimum Gasteiger partial charge on any atom is -0.357 e. The van der Waals surface area contributed by atoms with Crippen molar-refractivity contribution in [3.63, 3.8) is 0 Å². The number of amides is 2. The zero-order chi connectivity index (χ0) is 17.9. The van der Waals surface area contributed by atoms with Crippen LogP contribution in [0.5, 0.6) is 0 Å². The molecule has 1 saturated heterocycles. The second kappa shape index (κ2) is 7.10. The minimum atomic E-state index is -4.35. The molecule has 1 aromatic rings. The van der Waals surface area contributed by atoms with Gasteiger partial charge in [-0.1, -0.05) is 0 Å². The summed E-state index contributed by atoms with van der Waals surface area (Å²) in [5.41, 5.74) is 0. The highest BCUT2D eigenvalue weighted by molar-refractivity contribution is 5.84. The molecule has 0 bridgehead atoms. The van der Waals surface area contributed by atoms with E-state index in [2.05, 4.69) is 10.4 Å². The molecule has 1 fully saturated rings. The van der Waals surface area contributed by atoms with Crippen LogP contribution in [0.25, 0.3) is 0 Å². The van der Waals surface area contributed by atoms with Crippen molar-refractivity contribution in [3.05, 3.63) is 12.3 Å². The number of carbonyl (C=O) groups is 2. The Bertz CT molecular complexity index is 593. The fourth-order valence-corrected chi connectivity index (χ4v) is 2.51. The molecule has 1 atom stereocenters. The average Bonchev–Trinajstić information content (AvgIpc) is 2.91. The van der Waals surface area contributed by atoms with Gasteiger partial charge in [-0.3, -0.25) is 14.3 Å². The van der Waals surface area contributed by atoms with Gasteiger partial charge in [-0.2, -0.15) is 18.3 Å². The van der Waals surface area contributed by atoms with Gasteiger partial charge in [0.1, 0.15) is 18.4 Å². The first-order valence-corrected chi connectivity index (χ1v) is 7.57. The lowest BCUT2D eigenvalue weighted by Gasteiger charge is -2.35. The lowest BCUT2D eigenvalue weighted by Crippen LogP contribution is -2.53. The Balaban J connectivity index is 1.87. The molecule has 1 aromatic heterocycles. The lowest BCUT2D eigenvalue weighted by atomic mass is 10.2. The molecule has 1 aliphatic heterocycles. The molecular weight excluding hydrogens is 327 g/mol. The first kappa shape index (κ1) is 18.1. The van der Waals surface area contributed by atoms with Crippen molar-refractivity contribution in [2.75, 3.05) is 31.5 Å². The standard InChI is InChI=1S/C14H20F3N5O2/c1-10(13(24)21-7-5-20(6-8-21)11(2)23)18-12-3-4-22(19-12)9-14(15,16)17/h3-4,10H,5-9H2,1-2H3,(H,18,19)/t10-/m1/s1. The van der Waals surface area contributed by atoms with E-state index >= 15 is 0 Å². The van der Waals surface area contributed by atoms with Crippen LogP contribution in [0.2, 0.25) is 0 Å². The number of carbonyl (C=O) groups excluding carboxylic acids is 2. The molecule has 1 aliphatic rings. The van der Waals surface area contributed by atoms with Crippen molar-refractivity contribution in [2.45, 2.75) is 32.6 Å². The van der Waals surface area contributed by atoms with E-state index in [-0.39, 0.29) is 17.6 Å². The van der Waals surface area contributed by atoms with Crippen molar-refractivity contribution in [2.24, 2.45) is 0 Å². The van der Waals surface area contributed by atoms with Crippen LogP contribution in [0.15, 0.2) is 12.3 Å². The predicted molar refractivity (Wildman–Crippen MR) is 80.2 cm³/mol. The second-order valence-corrected chi connectivity index (χ2v) is 5.71. The molecule has 2 rings (SSSR count). The molecule has 134 valence electrons. The fourth-order valence-electron chi connectivity index (χ4n) is 2.51. The van der Waals surface area contributed by atoms with Crippen molar-refractivity contribution in [1.82, 2.24) is 19.6 Å². The molecular formula is C14H20F3N5O2. The molecule has 2 heterocycles. The van der Waals surface area contributed by atoms with Gasteiger partial charge in [-0.25, -0.2) is 0 Å². The highest BCUT2D eigenvalue weighted by Gasteiger charge is 2.29. The molecule has 2 amide bonds. The van der Waals surface area contributed by atoms with Gasteiger partial charge >= 0.3 is 6.18 Å². The van der Waals surface area contributed by atoms with Gasteiger partial charge in [0, 0.05) is 45.4 Å². The highest BCUT2D eigenvalue weighted by Crippen LogP contribution is 2.18. The van der Waals surface area contributed by atoms with E-state index in [1.165, 1.54) is 19.2 Å². The number of nitrogens with zero attached hydrogens (tertiary/aromatic N) is 4. The summed E-state index contributed by atoms with van der Waals surface area (Å²) in [4.78, 5) is 26.9. The summed E-state index contributed by atoms with van der Waals surface area (Å²) in [7, 11) is 0. The first-order chi connectivity index (χ1) is 11.2. The third kappa shape index (κ3) is 4.87. The molecule has 0 spiro atoms. The maximum Gasteiger partial charge on any atom is 0.408 e. The minimum absolute atomic E-state index is 0.0246. The van der Waals surface area contributed by atoms with Crippen LogP contribution in [-0.4, -0.2) is 69.8 Å². The summed E-state index contributed by atoms with van der Waals surface area (Å²) in [6.07, 6.45) is -3.14. The van der Waals surface area contributed by atoms with Crippen LogP contribution in [0.4, 0.5) is 19.0 Å². The molecule has 7 nitrogen and oxygen atoms in total. The van der Waals surface area contributed by atoms with E-state index in [4.69, 9.17) is 0 Å². The summed E-state index contributed by atoms with van der Waals surface area (Å²) < 4.78 is 37.7. The van der Waals surface area contributed by atoms with E-state index < -0.39 is 18.8 Å². The number of hydrogen-bond donors (Lipinski definition) is 1. The molecule has 0 aliphatic carbocycles. The van der Waals surface area contributed by atoms with Gasteiger partial charge in [-0.15, -0.1) is 0 Å². The van der Waals surface area contributed by atoms with Crippen LogP contribution in [-0.2, 0) is 16.1 Å². The van der Waals surface area contributed by atoms with Crippen LogP contribution < -0.4 is 5.32 Å². The van der Waals surface area contributed by atoms with Gasteiger partial charge in [0.05, 0.1) is 0 Å². The molecule has 24 heavy (non-hydrogen) atoms. The number of halogens is 3. The number of piperazine rings is 1. The average molecular weight is 347 g/mol. The third-order valence-electron chi connectivity index (χ3n) is 3.75. The van der Waals surface area contributed by atoms with Crippen LogP contribution in [0.1, 0.15) is 13.8 Å². The summed E-state index contributed by atoms with van der Waals surface area (Å²) in [5, 5.41) is 6.57. The monoisotopic (exact) mass is 347 g/mol. The van der Waals surface area contributed by atoms with E-state index in [1.54, 1.807) is 16.7 Å². The zero-order valence-corrected chi connectivity index (χ0v) is 13.5. The topological polar surface area (TPSA) is 70.5 Å². The maximum absolute atomic E-state index is 12.4. The van der Waals surface area contributed by atoms with Gasteiger partial charge in [0.25, 0.3) is 0 Å². The molecule has 0 aromatic carbocycles. The van der Waals surface area contributed by atoms with E-state index in [0.717, 1.165) is 4.68 Å². The molecule has 10 heteroatoms. The Labute approximate surface area is 137 Å². The van der Waals surface area contributed by atoms with Crippen molar-refractivity contribution in [3.8, 4) is 0 Å². The third-order valence-corrected chi connectivity index (χ3v) is 3.75. The van der Waals surface area contributed by atoms with Crippen molar-refractivity contribution < 1.29 is 22.8 Å². The Morgan fingerprint density at radius 1 is 1.25 bits per heavy atom. The number of aromatic nitrogens is 2. The van der Waals surface area contributed by atoms with Gasteiger partial charge < -0.3 is 15.1 Å². The SMILES string of the molecule is CC(=O)N1CCN(C(=O)[C@@H](C)Nc2ccn(CC(F)(F)F)n2)CC1. The molecule has 0 unspecified atom stereocenters. The number of alkyl halides is 3. The summed E-state index contributed by atoms with van der Waals surface area (Å²) in [6, 6.07) is 0.770. The van der Waals surface area contributed by atoms with Crippen molar-refractivity contribution >= 4 is 17.6 Å². The normalized spacial score (nSPS) is 16.9. The van der Waals surface area contributed by atoms with Gasteiger partial charge in [-0.05, 0) is 6.92 Å². The molecule has 0 radical (unpaired) electrons. The smallest absolute Gasteiger partial charge is 0.357 e. The van der Waals surface area contributed by atoms with Gasteiger partial charge in [0.15, 0.2) is 0 Å². The highest BCUT2D eigenvalue weighted by atomic mass is 19.4. The van der Waals surface area contributed by atoms with Crippen LogP contribution >= 0.6 is 0 Å². The Morgan fingerprint density at radius 3 is 2.38 bits per heavy atom. The van der Waals surface area contributed by atoms with E-state index in [0.29, 0.717) is 26.2 Å². The number of hydrogen-bond acceptors (Lipinski definition) is 4. The lowest BCUT2D eigenvalue weighted by molar-refractivity contribution is -0.142. The van der Waals surface area contributed by atoms with E-state index in [1.807, 2.05) is 0 Å². The summed E-state index contributed by atoms with van der Waals surface area (Å²) >= 11 is 0. The van der Waals surface area contributed by atoms with Crippen LogP contribution in [0.3, 0.4) is 0 Å². The zero-order valence-electron chi connectivity index (χ0n) is 13.5. The molecule has 1 N–H and O–H groups in total. The Hall–Kier alpha value is -2.26. The Morgan fingerprint density at radius 2 is 1.83 bits per heavy atom. The summed E-state index contributed by atoms with van der Waals surface area (Å²) in [6.45, 7) is 3.77. The van der Waals surface area contributed by atoms with Gasteiger partial charge in [0.2, 0.25) is 11.8 Å². The molecule has 0 saturated carbocycles. The van der Waals surface area contributed by atoms with E-state index in [9.17, 15) is 22.8 Å². The second-order valence-electron chi connectivity index (χ2n) is 5.71. The fraction of sp³-hybridized carbons (Fsp3) is 0.643. The Kier molecular flexibility index (Phi) is 5.35. The quantitative estimate of drug-likeness (QED) is 0.880. The van der Waals surface area contributed by atoms with Crippen molar-refractivity contribution in [1.29, 1.82) is 0 Å². The predicted octanol–water partition coefficient (Wildman–Crippen LogP) is 0.936. The number of anilines is 1.